The van der Waals surface area contributed by atoms with Crippen molar-refractivity contribution in [1.29, 1.82) is 0 Å². The number of allylic oxidation sites excluding steroid dienone is 4. The molecular weight excluding hydrogens is 606 g/mol. The number of amides is 3. The Balaban J connectivity index is 1.42. The van der Waals surface area contributed by atoms with Crippen LogP contribution in [0, 0.1) is 23.7 Å². The lowest BCUT2D eigenvalue weighted by atomic mass is 9.44. The van der Waals surface area contributed by atoms with Gasteiger partial charge < -0.3 is 9.84 Å². The third-order valence-corrected chi connectivity index (χ3v) is 11.0. The number of ketones is 2. The summed E-state index contributed by atoms with van der Waals surface area (Å²) in [6.45, 7) is 0. The number of ether oxygens (including phenoxy) is 1. The maximum atomic E-state index is 15.1. The molecule has 0 radical (unpaired) electrons. The molecule has 1 saturated carbocycles. The lowest BCUT2D eigenvalue weighted by molar-refractivity contribution is -0.138. The predicted molar refractivity (Wildman–Crippen MR) is 176 cm³/mol. The van der Waals surface area contributed by atoms with E-state index in [2.05, 4.69) is 0 Å². The van der Waals surface area contributed by atoms with Crippen molar-refractivity contribution < 1.29 is 33.8 Å². The van der Waals surface area contributed by atoms with Crippen molar-refractivity contribution in [2.24, 2.45) is 23.7 Å². The highest BCUT2D eigenvalue weighted by molar-refractivity contribution is 6.32. The molecule has 8 nitrogen and oxygen atoms in total. The number of phenols is 1. The maximum absolute atomic E-state index is 15.1. The summed E-state index contributed by atoms with van der Waals surface area (Å²) in [6.07, 6.45) is 2.55. The van der Waals surface area contributed by atoms with Gasteiger partial charge in [0.15, 0.2) is 11.6 Å². The van der Waals surface area contributed by atoms with E-state index >= 15 is 4.79 Å². The summed E-state index contributed by atoms with van der Waals surface area (Å²) in [7, 11) is 1.12. The van der Waals surface area contributed by atoms with Gasteiger partial charge in [0.1, 0.15) is 5.75 Å². The number of Topliss-reactive ketones (excluding diaryl/α,β-unsaturated/α-hetero) is 1. The zero-order chi connectivity index (χ0) is 33.3. The molecular formula is C40H31NO7. The second-order valence-corrected chi connectivity index (χ2v) is 13.0. The number of rotatable bonds is 3. The van der Waals surface area contributed by atoms with E-state index in [0.717, 1.165) is 12.5 Å². The third kappa shape index (κ3) is 3.98. The van der Waals surface area contributed by atoms with Gasteiger partial charge in [-0.2, -0.15) is 4.90 Å². The van der Waals surface area contributed by atoms with E-state index in [1.54, 1.807) is 36.4 Å². The fourth-order valence-electron chi connectivity index (χ4n) is 8.99. The largest absolute Gasteiger partial charge is 0.507 e. The first-order chi connectivity index (χ1) is 23.3. The van der Waals surface area contributed by atoms with E-state index < -0.39 is 52.9 Å². The van der Waals surface area contributed by atoms with E-state index in [1.807, 2.05) is 66.7 Å². The average Bonchev–Trinajstić information content (AvgIpc) is 3.38. The van der Waals surface area contributed by atoms with Crippen LogP contribution < -0.4 is 0 Å². The molecule has 8 heteroatoms. The summed E-state index contributed by atoms with van der Waals surface area (Å²) in [5.41, 5.74) is 1.20. The minimum atomic E-state index is -1.47. The molecule has 6 unspecified atom stereocenters. The van der Waals surface area contributed by atoms with Gasteiger partial charge in [0.25, 0.3) is 0 Å². The standard InChI is InChI=1S/C40H31NO7/c1-48-39(47)41-37(45)27-19-18-26-30(33(27)38(41)46)20-31-36(44)29(22-10-4-2-5-11-22)21-32(42)40(31,24-13-6-3-7-14-24)34(26)28-17-16-23-12-8-9-15-25(23)35(28)43/h2-18,21,27,30-31,33-34,43H,19-20H2,1H3. The second-order valence-electron chi connectivity index (χ2n) is 13.0. The number of nitrogens with zero attached hydrogens (tertiary/aromatic N) is 1. The van der Waals surface area contributed by atoms with E-state index in [-0.39, 0.29) is 35.7 Å². The first-order valence-corrected chi connectivity index (χ1v) is 16.1. The number of hydrogen-bond donors (Lipinski definition) is 1. The molecule has 48 heavy (non-hydrogen) atoms. The Kier molecular flexibility index (Phi) is 6.80. The molecule has 0 bridgehead atoms. The zero-order valence-electron chi connectivity index (χ0n) is 26.0. The Labute approximate surface area is 276 Å². The molecule has 4 aromatic carbocycles. The minimum absolute atomic E-state index is 0.0149. The Morgan fingerprint density at radius 1 is 0.833 bits per heavy atom. The number of likely N-dealkylation sites (tertiary alicyclic amines) is 1. The molecule has 1 aliphatic heterocycles. The van der Waals surface area contributed by atoms with E-state index in [9.17, 15) is 24.3 Å². The van der Waals surface area contributed by atoms with Crippen LogP contribution in [0.5, 0.6) is 5.75 Å². The predicted octanol–water partition coefficient (Wildman–Crippen LogP) is 6.14. The number of imide groups is 3. The van der Waals surface area contributed by atoms with E-state index in [4.69, 9.17) is 4.74 Å². The van der Waals surface area contributed by atoms with Crippen molar-refractivity contribution in [2.75, 3.05) is 7.11 Å². The maximum Gasteiger partial charge on any atom is 0.423 e. The summed E-state index contributed by atoms with van der Waals surface area (Å²) in [4.78, 5) is 70.8. The van der Waals surface area contributed by atoms with Gasteiger partial charge >= 0.3 is 6.09 Å². The van der Waals surface area contributed by atoms with Crippen LogP contribution in [-0.2, 0) is 29.3 Å². The van der Waals surface area contributed by atoms with Crippen molar-refractivity contribution in [3.05, 3.63) is 131 Å². The van der Waals surface area contributed by atoms with Gasteiger partial charge in [0.2, 0.25) is 11.8 Å². The van der Waals surface area contributed by atoms with Gasteiger partial charge in [-0.25, -0.2) is 4.79 Å². The van der Waals surface area contributed by atoms with Crippen LogP contribution in [0.2, 0.25) is 0 Å². The van der Waals surface area contributed by atoms with Gasteiger partial charge in [-0.1, -0.05) is 109 Å². The van der Waals surface area contributed by atoms with Crippen molar-refractivity contribution in [3.63, 3.8) is 0 Å². The molecule has 8 rings (SSSR count). The van der Waals surface area contributed by atoms with Gasteiger partial charge in [-0.05, 0) is 41.3 Å². The Morgan fingerprint density at radius 3 is 2.25 bits per heavy atom. The Morgan fingerprint density at radius 2 is 1.52 bits per heavy atom. The van der Waals surface area contributed by atoms with Crippen LogP contribution in [0.3, 0.4) is 0 Å². The normalized spacial score (nSPS) is 27.9. The highest BCUT2D eigenvalue weighted by atomic mass is 16.5. The Bertz CT molecular complexity index is 2120. The van der Waals surface area contributed by atoms with E-state index in [1.165, 1.54) is 6.08 Å². The summed E-state index contributed by atoms with van der Waals surface area (Å²) in [5.74, 6) is -6.10. The number of aromatic hydroxyl groups is 1. The average molecular weight is 638 g/mol. The molecule has 1 saturated heterocycles. The molecule has 0 spiro atoms. The monoisotopic (exact) mass is 637 g/mol. The molecule has 1 N–H and O–H groups in total. The topological polar surface area (TPSA) is 118 Å². The molecule has 2 fully saturated rings. The first-order valence-electron chi connectivity index (χ1n) is 16.1. The lowest BCUT2D eigenvalue weighted by Crippen LogP contribution is -2.58. The van der Waals surface area contributed by atoms with Crippen molar-refractivity contribution >= 4 is 45.8 Å². The highest BCUT2D eigenvalue weighted by Crippen LogP contribution is 2.64. The second kappa shape index (κ2) is 11.0. The molecule has 6 atom stereocenters. The number of carbonyl (C=O) groups excluding carboxylic acids is 5. The van der Waals surface area contributed by atoms with Gasteiger partial charge in [-0.3, -0.25) is 19.2 Å². The summed E-state index contributed by atoms with van der Waals surface area (Å²) >= 11 is 0. The first kappa shape index (κ1) is 29.8. The molecule has 3 amide bonds. The fourth-order valence-corrected chi connectivity index (χ4v) is 8.99. The van der Waals surface area contributed by atoms with E-state index in [0.29, 0.717) is 32.5 Å². The smallest absolute Gasteiger partial charge is 0.423 e. The van der Waals surface area contributed by atoms with Crippen LogP contribution in [0.4, 0.5) is 4.79 Å². The number of benzene rings is 4. The molecule has 4 aromatic rings. The number of methoxy groups -OCH3 is 1. The molecule has 0 aromatic heterocycles. The van der Waals surface area contributed by atoms with Gasteiger partial charge in [0.05, 0.1) is 24.4 Å². The highest BCUT2D eigenvalue weighted by Gasteiger charge is 2.66. The minimum Gasteiger partial charge on any atom is -0.507 e. The van der Waals surface area contributed by atoms with Crippen molar-refractivity contribution in [1.82, 2.24) is 4.90 Å². The van der Waals surface area contributed by atoms with Crippen molar-refractivity contribution in [2.45, 2.75) is 24.2 Å². The summed E-state index contributed by atoms with van der Waals surface area (Å²) in [6, 6.07) is 29.3. The fraction of sp³-hybridized carbons (Fsp3) is 0.225. The zero-order valence-corrected chi connectivity index (χ0v) is 26.0. The molecule has 3 aliphatic carbocycles. The Hall–Kier alpha value is -5.63. The molecule has 4 aliphatic rings. The number of fused-ring (bicyclic) bond motifs is 5. The number of hydrogen-bond acceptors (Lipinski definition) is 7. The van der Waals surface area contributed by atoms with Crippen molar-refractivity contribution in [3.8, 4) is 5.75 Å². The number of carbonyl (C=O) groups is 5. The van der Waals surface area contributed by atoms with Crippen LogP contribution in [0.25, 0.3) is 16.3 Å². The van der Waals surface area contributed by atoms with Crippen LogP contribution in [0.15, 0.2) is 115 Å². The SMILES string of the molecule is COC(=O)N1C(=O)C2CC=C3C(CC4C(=O)C(c5ccccc5)=CC(=O)C4(c4ccccc4)C3c3ccc4ccccc4c3O)C2C1=O. The van der Waals surface area contributed by atoms with Gasteiger partial charge in [-0.15, -0.1) is 0 Å². The number of phenolic OH excluding ortho intramolecular Hbond substituents is 1. The van der Waals surface area contributed by atoms with Gasteiger partial charge in [0, 0.05) is 28.4 Å². The lowest BCUT2D eigenvalue weighted by Gasteiger charge is -2.55. The molecule has 238 valence electrons. The van der Waals surface area contributed by atoms with Crippen LogP contribution in [0.1, 0.15) is 35.4 Å². The quantitative estimate of drug-likeness (QED) is 0.212. The van der Waals surface area contributed by atoms with Crippen LogP contribution in [-0.4, -0.2) is 46.6 Å². The third-order valence-electron chi connectivity index (χ3n) is 11.0. The molecule has 1 heterocycles. The summed E-state index contributed by atoms with van der Waals surface area (Å²) in [5, 5.41) is 13.4. The summed E-state index contributed by atoms with van der Waals surface area (Å²) < 4.78 is 4.81. The van der Waals surface area contributed by atoms with Crippen LogP contribution >= 0.6 is 0 Å².